The van der Waals surface area contributed by atoms with E-state index in [2.05, 4.69) is 9.72 Å². The molecule has 3 rings (SSSR count). The number of benzene rings is 2. The Balaban J connectivity index is 2.14. The van der Waals surface area contributed by atoms with Crippen molar-refractivity contribution < 1.29 is 28.2 Å². The number of hydrogen-bond acceptors (Lipinski definition) is 6. The minimum atomic E-state index is -1.10. The molecule has 6 nitrogen and oxygen atoms in total. The number of hydrogen-bond donors (Lipinski definition) is 1. The number of ether oxygens (including phenoxy) is 2. The zero-order valence-electron chi connectivity index (χ0n) is 15.5. The van der Waals surface area contributed by atoms with Crippen molar-refractivity contribution >= 4 is 16.7 Å². The molecule has 28 heavy (non-hydrogen) atoms. The van der Waals surface area contributed by atoms with Gasteiger partial charge in [-0.2, -0.15) is 4.39 Å². The van der Waals surface area contributed by atoms with E-state index in [1.165, 1.54) is 31.4 Å². The molecule has 0 fully saturated rings. The van der Waals surface area contributed by atoms with Gasteiger partial charge in [-0.25, -0.2) is 14.2 Å². The number of carbonyl (C=O) groups is 1. The van der Waals surface area contributed by atoms with Gasteiger partial charge in [0.1, 0.15) is 5.75 Å². The smallest absolute Gasteiger partial charge is 0.360 e. The van der Waals surface area contributed by atoms with Crippen LogP contribution in [0.25, 0.3) is 10.8 Å². The van der Waals surface area contributed by atoms with Crippen LogP contribution in [0.4, 0.5) is 8.78 Å². The molecule has 1 aromatic heterocycles. The Morgan fingerprint density at radius 1 is 1.18 bits per heavy atom. The fraction of sp³-hybridized carbons (Fsp3) is 0.200. The number of aromatic hydroxyl groups is 1. The Labute approximate surface area is 159 Å². The third-order valence-corrected chi connectivity index (χ3v) is 4.02. The number of aromatic nitrogens is 1. The van der Waals surface area contributed by atoms with Gasteiger partial charge in [0.2, 0.25) is 5.82 Å². The summed E-state index contributed by atoms with van der Waals surface area (Å²) in [5.41, 5.74) is 0.292. The van der Waals surface area contributed by atoms with Crippen LogP contribution >= 0.6 is 0 Å². The van der Waals surface area contributed by atoms with Gasteiger partial charge >= 0.3 is 5.97 Å². The number of esters is 1. The van der Waals surface area contributed by atoms with Crippen LogP contribution < -0.4 is 4.74 Å². The first kappa shape index (κ1) is 19.5. The number of carbonyl (C=O) groups excluding carboxylic acids is 1. The SMILES string of the molecule is COC(=O)c1nc(CN(C)C)c2cc(Oc3cccc(F)c3F)ccc2c1O. The van der Waals surface area contributed by atoms with Crippen molar-refractivity contribution in [1.29, 1.82) is 0 Å². The van der Waals surface area contributed by atoms with Crippen LogP contribution in [0.2, 0.25) is 0 Å². The first-order valence-electron chi connectivity index (χ1n) is 8.32. The molecule has 0 saturated heterocycles. The van der Waals surface area contributed by atoms with Crippen LogP contribution in [0.15, 0.2) is 36.4 Å². The average Bonchev–Trinajstić information content (AvgIpc) is 2.66. The van der Waals surface area contributed by atoms with Gasteiger partial charge in [0.15, 0.2) is 23.0 Å². The quantitative estimate of drug-likeness (QED) is 0.670. The second-order valence-electron chi connectivity index (χ2n) is 6.35. The zero-order chi connectivity index (χ0) is 20.4. The lowest BCUT2D eigenvalue weighted by molar-refractivity contribution is 0.0590. The molecular formula is C20H18F2N2O4. The Morgan fingerprint density at radius 3 is 2.61 bits per heavy atom. The molecule has 0 aliphatic heterocycles. The van der Waals surface area contributed by atoms with Crippen molar-refractivity contribution in [1.82, 2.24) is 9.88 Å². The molecule has 0 unspecified atom stereocenters. The fourth-order valence-corrected chi connectivity index (χ4v) is 2.76. The molecule has 1 N–H and O–H groups in total. The van der Waals surface area contributed by atoms with E-state index in [1.54, 1.807) is 6.07 Å². The maximum absolute atomic E-state index is 13.9. The van der Waals surface area contributed by atoms with Crippen molar-refractivity contribution in [2.24, 2.45) is 0 Å². The van der Waals surface area contributed by atoms with Crippen molar-refractivity contribution in [2.45, 2.75) is 6.54 Å². The summed E-state index contributed by atoms with van der Waals surface area (Å²) in [6, 6.07) is 8.18. The number of methoxy groups -OCH3 is 1. The minimum Gasteiger partial charge on any atom is -0.505 e. The monoisotopic (exact) mass is 388 g/mol. The predicted molar refractivity (Wildman–Crippen MR) is 98.6 cm³/mol. The molecule has 0 atom stereocenters. The third kappa shape index (κ3) is 3.72. The topological polar surface area (TPSA) is 71.9 Å². The Kier molecular flexibility index (Phi) is 5.41. The third-order valence-electron chi connectivity index (χ3n) is 4.02. The number of pyridine rings is 1. The standard InChI is InChI=1S/C20H18F2N2O4/c1-24(2)10-15-13-9-11(28-16-6-4-5-14(21)17(16)22)7-8-12(13)19(25)18(23-15)20(26)27-3/h4-9,25H,10H2,1-3H3. The summed E-state index contributed by atoms with van der Waals surface area (Å²) >= 11 is 0. The second-order valence-corrected chi connectivity index (χ2v) is 6.35. The van der Waals surface area contributed by atoms with Gasteiger partial charge in [-0.05, 0) is 44.4 Å². The maximum Gasteiger partial charge on any atom is 0.360 e. The van der Waals surface area contributed by atoms with Crippen LogP contribution in [-0.4, -0.2) is 42.2 Å². The predicted octanol–water partition coefficient (Wildman–Crippen LogP) is 3.86. The van der Waals surface area contributed by atoms with E-state index in [0.717, 1.165) is 6.07 Å². The second kappa shape index (κ2) is 7.77. The molecule has 0 aliphatic carbocycles. The molecule has 0 bridgehead atoms. The highest BCUT2D eigenvalue weighted by Crippen LogP contribution is 2.35. The van der Waals surface area contributed by atoms with Gasteiger partial charge in [-0.15, -0.1) is 0 Å². The first-order valence-corrected chi connectivity index (χ1v) is 8.32. The molecule has 8 heteroatoms. The van der Waals surface area contributed by atoms with Gasteiger partial charge < -0.3 is 19.5 Å². The first-order chi connectivity index (χ1) is 13.3. The normalized spacial score (nSPS) is 11.1. The highest BCUT2D eigenvalue weighted by atomic mass is 19.2. The summed E-state index contributed by atoms with van der Waals surface area (Å²) in [4.78, 5) is 18.0. The highest BCUT2D eigenvalue weighted by Gasteiger charge is 2.21. The Morgan fingerprint density at radius 2 is 1.93 bits per heavy atom. The molecule has 0 amide bonds. The van der Waals surface area contributed by atoms with Crippen molar-refractivity contribution in [3.05, 3.63) is 59.4 Å². The van der Waals surface area contributed by atoms with Crippen LogP contribution in [0.5, 0.6) is 17.2 Å². The average molecular weight is 388 g/mol. The van der Waals surface area contributed by atoms with Crippen molar-refractivity contribution in [3.63, 3.8) is 0 Å². The fourth-order valence-electron chi connectivity index (χ4n) is 2.76. The number of rotatable bonds is 5. The summed E-state index contributed by atoms with van der Waals surface area (Å²) in [7, 11) is 4.84. The molecule has 0 spiro atoms. The van der Waals surface area contributed by atoms with E-state index in [4.69, 9.17) is 4.74 Å². The number of nitrogens with zero attached hydrogens (tertiary/aromatic N) is 2. The summed E-state index contributed by atoms with van der Waals surface area (Å²) in [5, 5.41) is 11.3. The van der Waals surface area contributed by atoms with E-state index in [9.17, 15) is 18.7 Å². The lowest BCUT2D eigenvalue weighted by Gasteiger charge is -2.15. The Hall–Kier alpha value is -3.26. The molecule has 0 aliphatic rings. The maximum atomic E-state index is 13.9. The molecule has 3 aromatic rings. The van der Waals surface area contributed by atoms with Crippen LogP contribution in [0, 0.1) is 11.6 Å². The van der Waals surface area contributed by atoms with Gasteiger partial charge in [-0.3, -0.25) is 0 Å². The van der Waals surface area contributed by atoms with Gasteiger partial charge in [-0.1, -0.05) is 6.07 Å². The number of halogens is 2. The Bertz CT molecular complexity index is 1050. The van der Waals surface area contributed by atoms with Crippen LogP contribution in [0.3, 0.4) is 0 Å². The largest absolute Gasteiger partial charge is 0.505 e. The molecular weight excluding hydrogens is 370 g/mol. The number of fused-ring (bicyclic) bond motifs is 1. The minimum absolute atomic E-state index is 0.198. The summed E-state index contributed by atoms with van der Waals surface area (Å²) in [5.74, 6) is -3.25. The summed E-state index contributed by atoms with van der Waals surface area (Å²) in [6.45, 7) is 0.360. The van der Waals surface area contributed by atoms with Gasteiger partial charge in [0.05, 0.1) is 12.8 Å². The lowest BCUT2D eigenvalue weighted by atomic mass is 10.1. The van der Waals surface area contributed by atoms with E-state index in [-0.39, 0.29) is 22.9 Å². The molecule has 2 aromatic carbocycles. The molecule has 146 valence electrons. The van der Waals surface area contributed by atoms with Crippen LogP contribution in [-0.2, 0) is 11.3 Å². The van der Waals surface area contributed by atoms with Crippen molar-refractivity contribution in [2.75, 3.05) is 21.2 Å². The van der Waals surface area contributed by atoms with Gasteiger partial charge in [0.25, 0.3) is 0 Å². The van der Waals surface area contributed by atoms with E-state index >= 15 is 0 Å². The zero-order valence-corrected chi connectivity index (χ0v) is 15.5. The summed E-state index contributed by atoms with van der Waals surface area (Å²) in [6.07, 6.45) is 0. The van der Waals surface area contributed by atoms with E-state index < -0.39 is 17.6 Å². The highest BCUT2D eigenvalue weighted by molar-refractivity contribution is 6.00. The van der Waals surface area contributed by atoms with Gasteiger partial charge in [0, 0.05) is 17.3 Å². The molecule has 1 heterocycles. The van der Waals surface area contributed by atoms with Crippen molar-refractivity contribution in [3.8, 4) is 17.2 Å². The summed E-state index contributed by atoms with van der Waals surface area (Å²) < 4.78 is 37.4. The molecule has 0 radical (unpaired) electrons. The van der Waals surface area contributed by atoms with Crippen LogP contribution in [0.1, 0.15) is 16.2 Å². The van der Waals surface area contributed by atoms with E-state index in [1.807, 2.05) is 19.0 Å². The lowest BCUT2D eigenvalue weighted by Crippen LogP contribution is -2.15. The molecule has 0 saturated carbocycles. The van der Waals surface area contributed by atoms with E-state index in [0.29, 0.717) is 23.0 Å².